The van der Waals surface area contributed by atoms with Gasteiger partial charge in [-0.1, -0.05) is 24.3 Å². The van der Waals surface area contributed by atoms with Crippen molar-refractivity contribution in [3.8, 4) is 0 Å². The average Bonchev–Trinajstić information content (AvgIpc) is 2.28. The highest BCUT2D eigenvalue weighted by atomic mass is 35.5. The highest BCUT2D eigenvalue weighted by Crippen LogP contribution is 2.09. The molecule has 0 bridgehead atoms. The van der Waals surface area contributed by atoms with Crippen LogP contribution in [-0.2, 0) is 13.0 Å². The number of nitrogens with two attached hydrogens (primary N) is 1. The molecule has 4 nitrogen and oxygen atoms in total. The fourth-order valence-electron chi connectivity index (χ4n) is 1.38. The third-order valence-electron chi connectivity index (χ3n) is 2.30. The van der Waals surface area contributed by atoms with Crippen LogP contribution in [0.1, 0.15) is 11.1 Å². The van der Waals surface area contributed by atoms with Crippen molar-refractivity contribution in [2.24, 2.45) is 5.73 Å². The van der Waals surface area contributed by atoms with Gasteiger partial charge in [-0.15, -0.1) is 12.4 Å². The second-order valence-electron chi connectivity index (χ2n) is 3.55. The maximum absolute atomic E-state index is 9.49. The number of halogens is 1. The molecule has 92 valence electrons. The van der Waals surface area contributed by atoms with Crippen molar-refractivity contribution >= 4 is 12.4 Å². The van der Waals surface area contributed by atoms with Crippen molar-refractivity contribution < 1.29 is 15.3 Å². The van der Waals surface area contributed by atoms with Crippen LogP contribution < -0.4 is 5.73 Å². The quantitative estimate of drug-likeness (QED) is 0.582. The minimum atomic E-state index is -1.09. The van der Waals surface area contributed by atoms with Gasteiger partial charge in [-0.2, -0.15) is 0 Å². The molecule has 0 aliphatic carbocycles. The van der Waals surface area contributed by atoms with Gasteiger partial charge >= 0.3 is 0 Å². The first-order chi connectivity index (χ1) is 7.17. The van der Waals surface area contributed by atoms with Gasteiger partial charge in [0, 0.05) is 13.0 Å². The van der Waals surface area contributed by atoms with E-state index in [2.05, 4.69) is 0 Å². The number of aliphatic hydroxyl groups is 3. The second kappa shape index (κ2) is 7.60. The highest BCUT2D eigenvalue weighted by molar-refractivity contribution is 5.85. The van der Waals surface area contributed by atoms with E-state index in [0.717, 1.165) is 11.1 Å². The molecule has 0 amide bonds. The molecule has 0 spiro atoms. The molecular weight excluding hydrogens is 230 g/mol. The Morgan fingerprint density at radius 2 is 1.75 bits per heavy atom. The monoisotopic (exact) mass is 247 g/mol. The summed E-state index contributed by atoms with van der Waals surface area (Å²) in [6.07, 6.45) is -1.72. The van der Waals surface area contributed by atoms with Gasteiger partial charge < -0.3 is 21.1 Å². The van der Waals surface area contributed by atoms with Crippen LogP contribution in [0.4, 0.5) is 0 Å². The largest absolute Gasteiger partial charge is 0.394 e. The van der Waals surface area contributed by atoms with Gasteiger partial charge in [-0.05, 0) is 11.1 Å². The van der Waals surface area contributed by atoms with Crippen molar-refractivity contribution in [1.29, 1.82) is 0 Å². The smallest absolute Gasteiger partial charge is 0.103 e. The van der Waals surface area contributed by atoms with E-state index in [0.29, 0.717) is 13.0 Å². The van der Waals surface area contributed by atoms with E-state index in [9.17, 15) is 10.2 Å². The lowest BCUT2D eigenvalue weighted by Gasteiger charge is -2.15. The molecule has 0 saturated heterocycles. The molecule has 1 aromatic rings. The molecule has 5 heteroatoms. The second-order valence-corrected chi connectivity index (χ2v) is 3.55. The molecule has 0 saturated carbocycles. The maximum Gasteiger partial charge on any atom is 0.103 e. The Hall–Kier alpha value is -0.650. The summed E-state index contributed by atoms with van der Waals surface area (Å²) in [5, 5.41) is 27.3. The van der Waals surface area contributed by atoms with Crippen molar-refractivity contribution in [1.82, 2.24) is 0 Å². The molecule has 16 heavy (non-hydrogen) atoms. The zero-order valence-corrected chi connectivity index (χ0v) is 9.73. The first-order valence-electron chi connectivity index (χ1n) is 4.92. The van der Waals surface area contributed by atoms with E-state index in [1.54, 1.807) is 0 Å². The summed E-state index contributed by atoms with van der Waals surface area (Å²) in [7, 11) is 0. The molecule has 0 radical (unpaired) electrons. The van der Waals surface area contributed by atoms with Crippen LogP contribution in [-0.4, -0.2) is 34.1 Å². The predicted molar refractivity (Wildman–Crippen MR) is 64.4 cm³/mol. The van der Waals surface area contributed by atoms with Crippen LogP contribution >= 0.6 is 12.4 Å². The zero-order valence-electron chi connectivity index (χ0n) is 8.91. The molecule has 0 aliphatic rings. The lowest BCUT2D eigenvalue weighted by molar-refractivity contribution is -0.0132. The Kier molecular flexibility index (Phi) is 7.29. The van der Waals surface area contributed by atoms with Crippen LogP contribution in [0.2, 0.25) is 0 Å². The molecule has 0 aromatic heterocycles. The van der Waals surface area contributed by atoms with Crippen LogP contribution in [0, 0.1) is 0 Å². The molecule has 2 unspecified atom stereocenters. The summed E-state index contributed by atoms with van der Waals surface area (Å²) in [5.74, 6) is 0. The van der Waals surface area contributed by atoms with Gasteiger partial charge in [-0.25, -0.2) is 0 Å². The maximum atomic E-state index is 9.49. The summed E-state index contributed by atoms with van der Waals surface area (Å²) in [4.78, 5) is 0. The summed E-state index contributed by atoms with van der Waals surface area (Å²) in [6.45, 7) is 0.0181. The Balaban J connectivity index is 0.00000225. The van der Waals surface area contributed by atoms with Crippen molar-refractivity contribution in [3.63, 3.8) is 0 Å². The molecular formula is C11H18ClNO3. The number of benzene rings is 1. The van der Waals surface area contributed by atoms with Gasteiger partial charge in [0.25, 0.3) is 0 Å². The zero-order chi connectivity index (χ0) is 11.3. The van der Waals surface area contributed by atoms with E-state index < -0.39 is 18.8 Å². The summed E-state index contributed by atoms with van der Waals surface area (Å²) in [5.41, 5.74) is 7.37. The molecule has 0 fully saturated rings. The lowest BCUT2D eigenvalue weighted by Crippen LogP contribution is -2.31. The number of hydrogen-bond acceptors (Lipinski definition) is 4. The average molecular weight is 248 g/mol. The third-order valence-corrected chi connectivity index (χ3v) is 2.30. The molecule has 2 atom stereocenters. The summed E-state index contributed by atoms with van der Waals surface area (Å²) < 4.78 is 0. The van der Waals surface area contributed by atoms with Crippen LogP contribution in [0.5, 0.6) is 0 Å². The van der Waals surface area contributed by atoms with Gasteiger partial charge in [-0.3, -0.25) is 0 Å². The Morgan fingerprint density at radius 1 is 1.12 bits per heavy atom. The highest BCUT2D eigenvalue weighted by Gasteiger charge is 2.15. The van der Waals surface area contributed by atoms with E-state index in [1.807, 2.05) is 24.3 Å². The van der Waals surface area contributed by atoms with Gasteiger partial charge in [0.15, 0.2) is 0 Å². The van der Waals surface area contributed by atoms with Gasteiger partial charge in [0.2, 0.25) is 0 Å². The lowest BCUT2D eigenvalue weighted by atomic mass is 10.0. The summed E-state index contributed by atoms with van der Waals surface area (Å²) >= 11 is 0. The first-order valence-corrected chi connectivity index (χ1v) is 4.92. The van der Waals surface area contributed by atoms with Gasteiger partial charge in [0.1, 0.15) is 6.10 Å². The van der Waals surface area contributed by atoms with E-state index in [1.165, 1.54) is 0 Å². The predicted octanol–water partition coefficient (Wildman–Crippen LogP) is -0.176. The fourth-order valence-corrected chi connectivity index (χ4v) is 1.38. The number of aliphatic hydroxyl groups excluding tert-OH is 3. The minimum Gasteiger partial charge on any atom is -0.394 e. The van der Waals surface area contributed by atoms with Crippen LogP contribution in [0.3, 0.4) is 0 Å². The fraction of sp³-hybridized carbons (Fsp3) is 0.455. The van der Waals surface area contributed by atoms with E-state index in [-0.39, 0.29) is 12.4 Å². The first kappa shape index (κ1) is 15.3. The molecule has 1 aromatic carbocycles. The SMILES string of the molecule is Cl.NCc1cccc(CC(O)C(O)CO)c1. The van der Waals surface area contributed by atoms with E-state index >= 15 is 0 Å². The molecule has 1 rings (SSSR count). The van der Waals surface area contributed by atoms with Crippen LogP contribution in [0.25, 0.3) is 0 Å². The van der Waals surface area contributed by atoms with Crippen molar-refractivity contribution in [2.45, 2.75) is 25.2 Å². The normalized spacial score (nSPS) is 14.0. The number of hydrogen-bond donors (Lipinski definition) is 4. The Bertz CT molecular complexity index is 309. The third kappa shape index (κ3) is 4.47. The standard InChI is InChI=1S/C11H17NO3.ClH/c12-6-9-3-1-2-8(4-9)5-10(14)11(15)7-13;/h1-4,10-11,13-15H,5-7,12H2;1H. The topological polar surface area (TPSA) is 86.7 Å². The summed E-state index contributed by atoms with van der Waals surface area (Å²) in [6, 6.07) is 7.49. The van der Waals surface area contributed by atoms with Crippen molar-refractivity contribution in [3.05, 3.63) is 35.4 Å². The molecule has 0 aliphatic heterocycles. The van der Waals surface area contributed by atoms with Gasteiger partial charge in [0.05, 0.1) is 12.7 Å². The molecule has 5 N–H and O–H groups in total. The minimum absolute atomic E-state index is 0. The Morgan fingerprint density at radius 3 is 2.31 bits per heavy atom. The Labute approximate surface area is 101 Å². The number of rotatable bonds is 5. The van der Waals surface area contributed by atoms with E-state index in [4.69, 9.17) is 10.8 Å². The molecule has 0 heterocycles. The van der Waals surface area contributed by atoms with Crippen LogP contribution in [0.15, 0.2) is 24.3 Å². The van der Waals surface area contributed by atoms with Crippen molar-refractivity contribution in [2.75, 3.05) is 6.61 Å².